The van der Waals surface area contributed by atoms with Crippen molar-refractivity contribution in [2.75, 3.05) is 42.2 Å². The maximum atomic E-state index is 12.8. The number of benzene rings is 2. The van der Waals surface area contributed by atoms with Crippen LogP contribution < -0.4 is 15.3 Å². The van der Waals surface area contributed by atoms with Gasteiger partial charge in [-0.05, 0) is 69.3 Å². The van der Waals surface area contributed by atoms with E-state index in [1.807, 2.05) is 57.1 Å². The SMILES string of the molecule is CCOC(=O)N=S(C)(=O)c1ccc(Nc2ncc(C#Cc3ccc(N(C)C)cc3)c(N(O)C(C)C)n2)cc1. The molecule has 11 heteroatoms. The lowest BCUT2D eigenvalue weighted by Gasteiger charge is -2.21. The summed E-state index contributed by atoms with van der Waals surface area (Å²) >= 11 is 0. The fourth-order valence-electron chi connectivity index (χ4n) is 3.19. The maximum absolute atomic E-state index is 12.8. The summed E-state index contributed by atoms with van der Waals surface area (Å²) in [6, 6.07) is 14.1. The number of hydroxylamine groups is 1. The van der Waals surface area contributed by atoms with Crippen LogP contribution >= 0.6 is 0 Å². The number of rotatable bonds is 7. The molecule has 200 valence electrons. The number of carbonyl (C=O) groups is 1. The molecule has 2 aromatic carbocycles. The highest BCUT2D eigenvalue weighted by Crippen LogP contribution is 2.23. The minimum atomic E-state index is -2.96. The smallest absolute Gasteiger partial charge is 0.442 e. The van der Waals surface area contributed by atoms with Crippen LogP contribution in [0.3, 0.4) is 0 Å². The summed E-state index contributed by atoms with van der Waals surface area (Å²) in [7, 11) is 0.988. The average molecular weight is 537 g/mol. The zero-order valence-corrected chi connectivity index (χ0v) is 23.1. The summed E-state index contributed by atoms with van der Waals surface area (Å²) in [5.41, 5.74) is 2.96. The Labute approximate surface area is 223 Å². The van der Waals surface area contributed by atoms with Crippen molar-refractivity contribution in [3.8, 4) is 11.8 Å². The molecule has 1 amide bonds. The van der Waals surface area contributed by atoms with Crippen molar-refractivity contribution < 1.29 is 18.9 Å². The Morgan fingerprint density at radius 2 is 1.79 bits per heavy atom. The molecule has 1 unspecified atom stereocenters. The van der Waals surface area contributed by atoms with Gasteiger partial charge >= 0.3 is 6.09 Å². The lowest BCUT2D eigenvalue weighted by molar-refractivity contribution is 0.164. The number of carbonyl (C=O) groups excluding carboxylic acids is 1. The first kappa shape index (κ1) is 28.4. The van der Waals surface area contributed by atoms with Gasteiger partial charge in [0.25, 0.3) is 0 Å². The van der Waals surface area contributed by atoms with Gasteiger partial charge in [0.2, 0.25) is 5.95 Å². The van der Waals surface area contributed by atoms with Crippen molar-refractivity contribution in [2.45, 2.75) is 31.7 Å². The van der Waals surface area contributed by atoms with Crippen LogP contribution in [0.5, 0.6) is 0 Å². The Balaban J connectivity index is 1.86. The normalized spacial score (nSPS) is 12.1. The highest BCUT2D eigenvalue weighted by molar-refractivity contribution is 7.93. The molecule has 0 saturated carbocycles. The molecule has 0 aliphatic heterocycles. The van der Waals surface area contributed by atoms with E-state index >= 15 is 0 Å². The molecule has 1 atom stereocenters. The van der Waals surface area contributed by atoms with Crippen LogP contribution in [0.25, 0.3) is 0 Å². The largest absolute Gasteiger partial charge is 0.448 e. The van der Waals surface area contributed by atoms with Crippen LogP contribution in [0.15, 0.2) is 64.0 Å². The van der Waals surface area contributed by atoms with Gasteiger partial charge in [-0.15, -0.1) is 4.36 Å². The number of aromatic nitrogens is 2. The molecule has 0 fully saturated rings. The summed E-state index contributed by atoms with van der Waals surface area (Å²) in [5, 5.41) is 14.8. The van der Waals surface area contributed by atoms with Crippen LogP contribution in [-0.2, 0) is 14.5 Å². The first-order valence-electron chi connectivity index (χ1n) is 11.9. The molecule has 38 heavy (non-hydrogen) atoms. The Kier molecular flexibility index (Phi) is 9.28. The van der Waals surface area contributed by atoms with E-state index in [0.29, 0.717) is 16.1 Å². The Morgan fingerprint density at radius 3 is 2.37 bits per heavy atom. The highest BCUT2D eigenvalue weighted by Gasteiger charge is 2.16. The van der Waals surface area contributed by atoms with E-state index in [-0.39, 0.29) is 24.4 Å². The summed E-state index contributed by atoms with van der Waals surface area (Å²) in [5.74, 6) is 6.65. The molecule has 3 aromatic rings. The number of anilines is 4. The molecule has 3 rings (SSSR count). The van der Waals surface area contributed by atoms with Crippen LogP contribution in [0.1, 0.15) is 31.9 Å². The standard InChI is InChI=1S/C27H32N6O4S/c1-7-37-27(34)31-38(6,36)24-16-12-22(13-17-24)29-26-28-18-21(25(30-26)33(35)19(2)3)11-8-20-9-14-23(15-10-20)32(4)5/h9-10,12-19,35H,7H2,1-6H3,(H,28,29,30). The first-order valence-corrected chi connectivity index (χ1v) is 13.8. The molecule has 0 saturated heterocycles. The summed E-state index contributed by atoms with van der Waals surface area (Å²) in [4.78, 5) is 22.9. The van der Waals surface area contributed by atoms with Crippen LogP contribution in [0.2, 0.25) is 0 Å². The van der Waals surface area contributed by atoms with E-state index in [1.54, 1.807) is 37.4 Å². The van der Waals surface area contributed by atoms with Gasteiger partial charge in [0.05, 0.1) is 34.1 Å². The Bertz CT molecular complexity index is 1450. The third-order valence-corrected chi connectivity index (χ3v) is 6.91. The molecule has 2 N–H and O–H groups in total. The zero-order chi connectivity index (χ0) is 27.9. The predicted octanol–water partition coefficient (Wildman–Crippen LogP) is 4.90. The molecule has 0 spiro atoms. The van der Waals surface area contributed by atoms with E-state index in [0.717, 1.165) is 16.3 Å². The van der Waals surface area contributed by atoms with Gasteiger partial charge in [-0.1, -0.05) is 11.8 Å². The number of amides is 1. The molecule has 0 radical (unpaired) electrons. The topological polar surface area (TPSA) is 120 Å². The summed E-state index contributed by atoms with van der Waals surface area (Å²) < 4.78 is 21.2. The van der Waals surface area contributed by atoms with E-state index in [9.17, 15) is 14.2 Å². The van der Waals surface area contributed by atoms with E-state index in [2.05, 4.69) is 31.5 Å². The Hall–Kier alpha value is -4.14. The van der Waals surface area contributed by atoms with Crippen LogP contribution in [0.4, 0.5) is 27.9 Å². The third kappa shape index (κ3) is 7.44. The van der Waals surface area contributed by atoms with E-state index < -0.39 is 15.8 Å². The molecule has 0 aliphatic rings. The minimum absolute atomic E-state index is 0.152. The van der Waals surface area contributed by atoms with Crippen molar-refractivity contribution in [3.63, 3.8) is 0 Å². The van der Waals surface area contributed by atoms with Gasteiger partial charge in [0.15, 0.2) is 5.82 Å². The van der Waals surface area contributed by atoms with Crippen molar-refractivity contribution in [1.29, 1.82) is 0 Å². The number of nitrogens with one attached hydrogen (secondary N) is 1. The lowest BCUT2D eigenvalue weighted by Crippen LogP contribution is -2.28. The zero-order valence-electron chi connectivity index (χ0n) is 22.3. The second kappa shape index (κ2) is 12.4. The molecular formula is C27H32N6O4S. The monoisotopic (exact) mass is 536 g/mol. The second-order valence-corrected chi connectivity index (χ2v) is 11.1. The second-order valence-electron chi connectivity index (χ2n) is 8.80. The van der Waals surface area contributed by atoms with Crippen LogP contribution in [0, 0.1) is 11.8 Å². The van der Waals surface area contributed by atoms with Crippen molar-refractivity contribution in [3.05, 3.63) is 65.9 Å². The Morgan fingerprint density at radius 1 is 1.13 bits per heavy atom. The number of hydrogen-bond donors (Lipinski definition) is 2. The van der Waals surface area contributed by atoms with Gasteiger partial charge in [0, 0.05) is 42.2 Å². The first-order chi connectivity index (χ1) is 18.0. The van der Waals surface area contributed by atoms with Crippen molar-refractivity contribution in [2.24, 2.45) is 4.36 Å². The highest BCUT2D eigenvalue weighted by atomic mass is 32.2. The lowest BCUT2D eigenvalue weighted by atomic mass is 10.2. The summed E-state index contributed by atoms with van der Waals surface area (Å²) in [6.07, 6.45) is 2.05. The maximum Gasteiger partial charge on any atom is 0.442 e. The van der Waals surface area contributed by atoms with E-state index in [1.165, 1.54) is 6.26 Å². The molecule has 1 aromatic heterocycles. The fraction of sp³-hybridized carbons (Fsp3) is 0.296. The third-order valence-electron chi connectivity index (χ3n) is 5.26. The molecular weight excluding hydrogens is 504 g/mol. The minimum Gasteiger partial charge on any atom is -0.448 e. The molecule has 1 heterocycles. The fourth-order valence-corrected chi connectivity index (χ4v) is 4.27. The van der Waals surface area contributed by atoms with Gasteiger partial charge in [-0.2, -0.15) is 4.98 Å². The molecule has 0 aliphatic carbocycles. The van der Waals surface area contributed by atoms with Crippen molar-refractivity contribution in [1.82, 2.24) is 9.97 Å². The molecule has 0 bridgehead atoms. The number of nitrogens with zero attached hydrogens (tertiary/aromatic N) is 5. The number of hydrogen-bond acceptors (Lipinski definition) is 9. The van der Waals surface area contributed by atoms with Gasteiger partial charge in [-0.25, -0.2) is 19.1 Å². The van der Waals surface area contributed by atoms with Crippen molar-refractivity contribution >= 4 is 39.0 Å². The van der Waals surface area contributed by atoms with Gasteiger partial charge in [0.1, 0.15) is 0 Å². The summed E-state index contributed by atoms with van der Waals surface area (Å²) in [6.45, 7) is 5.46. The van der Waals surface area contributed by atoms with Gasteiger partial charge < -0.3 is 15.0 Å². The van der Waals surface area contributed by atoms with E-state index in [4.69, 9.17) is 4.74 Å². The average Bonchev–Trinajstić information content (AvgIpc) is 2.87. The quantitative estimate of drug-likeness (QED) is 0.321. The number of ether oxygens (including phenoxy) is 1. The van der Waals surface area contributed by atoms with Gasteiger partial charge in [-0.3, -0.25) is 5.21 Å². The predicted molar refractivity (Wildman–Crippen MR) is 150 cm³/mol. The van der Waals surface area contributed by atoms with Crippen LogP contribution in [-0.4, -0.2) is 58.5 Å². The molecule has 10 nitrogen and oxygen atoms in total.